The first-order valence-electron chi connectivity index (χ1n) is 9.62. The molecule has 28 heavy (non-hydrogen) atoms. The summed E-state index contributed by atoms with van der Waals surface area (Å²) in [7, 11) is 0. The fourth-order valence-corrected chi connectivity index (χ4v) is 4.09. The van der Waals surface area contributed by atoms with Gasteiger partial charge in [0.1, 0.15) is 0 Å². The van der Waals surface area contributed by atoms with Crippen molar-refractivity contribution >= 4 is 33.5 Å². The van der Waals surface area contributed by atoms with E-state index in [-0.39, 0.29) is 5.91 Å². The summed E-state index contributed by atoms with van der Waals surface area (Å²) in [6.07, 6.45) is 9.75. The number of nitrogens with zero attached hydrogens (tertiary/aromatic N) is 1. The third kappa shape index (κ3) is 2.85. The predicted molar refractivity (Wildman–Crippen MR) is 114 cm³/mol. The molecular weight excluding hydrogens is 344 g/mol. The van der Waals surface area contributed by atoms with E-state index in [1.807, 2.05) is 30.5 Å². The molecule has 0 fully saturated rings. The minimum Gasteiger partial charge on any atom is -0.352 e. The summed E-state index contributed by atoms with van der Waals surface area (Å²) in [6, 6.07) is 18.5. The van der Waals surface area contributed by atoms with Crippen LogP contribution in [0, 0.1) is 0 Å². The Morgan fingerprint density at radius 1 is 1.00 bits per heavy atom. The number of pyridine rings is 1. The van der Waals surface area contributed by atoms with Crippen LogP contribution in [-0.4, -0.2) is 17.4 Å². The smallest absolute Gasteiger partial charge is 0.251 e. The van der Waals surface area contributed by atoms with Crippen LogP contribution in [0.5, 0.6) is 0 Å². The van der Waals surface area contributed by atoms with Crippen molar-refractivity contribution in [2.45, 2.75) is 12.8 Å². The number of hydrogen-bond acceptors (Lipinski definition) is 2. The number of nitrogens with one attached hydrogen (secondary N) is 1. The minimum atomic E-state index is -0.0296. The highest BCUT2D eigenvalue weighted by Crippen LogP contribution is 2.34. The Morgan fingerprint density at radius 3 is 2.82 bits per heavy atom. The molecule has 0 radical (unpaired) electrons. The number of rotatable bonds is 4. The molecule has 1 aliphatic carbocycles. The van der Waals surface area contributed by atoms with Crippen molar-refractivity contribution in [3.8, 4) is 0 Å². The maximum atomic E-state index is 13.0. The predicted octanol–water partition coefficient (Wildman–Crippen LogP) is 4.93. The summed E-state index contributed by atoms with van der Waals surface area (Å²) in [4.78, 5) is 17.1. The molecule has 136 valence electrons. The van der Waals surface area contributed by atoms with E-state index in [2.05, 4.69) is 52.8 Å². The molecule has 0 aliphatic heterocycles. The molecule has 1 heterocycles. The summed E-state index contributed by atoms with van der Waals surface area (Å²) < 4.78 is 0. The SMILES string of the molecule is O=C(NCCc1cccnc1)c1cccc2ccc3c4c(ccc3c12)CC=C4. The lowest BCUT2D eigenvalue weighted by Crippen LogP contribution is -2.26. The van der Waals surface area contributed by atoms with Crippen LogP contribution < -0.4 is 5.32 Å². The molecule has 3 aromatic carbocycles. The van der Waals surface area contributed by atoms with Crippen LogP contribution in [0.4, 0.5) is 0 Å². The van der Waals surface area contributed by atoms with E-state index >= 15 is 0 Å². The third-order valence-corrected chi connectivity index (χ3v) is 5.46. The van der Waals surface area contributed by atoms with E-state index < -0.39 is 0 Å². The Balaban J connectivity index is 1.52. The molecule has 0 spiro atoms. The number of hydrogen-bond donors (Lipinski definition) is 1. The molecule has 0 unspecified atom stereocenters. The Labute approximate surface area is 163 Å². The summed E-state index contributed by atoms with van der Waals surface area (Å²) in [5.74, 6) is -0.0296. The number of amides is 1. The molecule has 0 saturated carbocycles. The van der Waals surface area contributed by atoms with Crippen LogP contribution >= 0.6 is 0 Å². The fraction of sp³-hybridized carbons (Fsp3) is 0.120. The topological polar surface area (TPSA) is 42.0 Å². The van der Waals surface area contributed by atoms with Crippen molar-refractivity contribution in [2.24, 2.45) is 0 Å². The molecule has 5 rings (SSSR count). The molecule has 3 heteroatoms. The van der Waals surface area contributed by atoms with Gasteiger partial charge in [-0.15, -0.1) is 0 Å². The highest BCUT2D eigenvalue weighted by molar-refractivity contribution is 6.19. The summed E-state index contributed by atoms with van der Waals surface area (Å²) >= 11 is 0. The van der Waals surface area contributed by atoms with E-state index in [9.17, 15) is 4.79 Å². The van der Waals surface area contributed by atoms with Gasteiger partial charge >= 0.3 is 0 Å². The van der Waals surface area contributed by atoms with E-state index in [4.69, 9.17) is 0 Å². The fourth-order valence-electron chi connectivity index (χ4n) is 4.09. The van der Waals surface area contributed by atoms with Gasteiger partial charge in [-0.1, -0.05) is 54.6 Å². The van der Waals surface area contributed by atoms with Crippen LogP contribution in [0.25, 0.3) is 27.6 Å². The van der Waals surface area contributed by atoms with Crippen molar-refractivity contribution in [3.63, 3.8) is 0 Å². The van der Waals surface area contributed by atoms with E-state index in [1.54, 1.807) is 6.20 Å². The first kappa shape index (κ1) is 16.7. The normalized spacial score (nSPS) is 12.4. The lowest BCUT2D eigenvalue weighted by atomic mass is 9.93. The van der Waals surface area contributed by atoms with Gasteiger partial charge in [-0.05, 0) is 57.8 Å². The largest absolute Gasteiger partial charge is 0.352 e. The standard InChI is InChI=1S/C25H20N2O/c28-25(27-15-13-17-4-3-14-26-16-17)23-8-2-6-19-10-11-21-20-7-1-5-18(20)9-12-22(21)24(19)23/h1-4,6-12,14,16H,5,13,15H2,(H,27,28). The Bertz CT molecular complexity index is 1230. The van der Waals surface area contributed by atoms with E-state index in [0.717, 1.165) is 40.1 Å². The maximum Gasteiger partial charge on any atom is 0.251 e. The minimum absolute atomic E-state index is 0.0296. The quantitative estimate of drug-likeness (QED) is 0.522. The Morgan fingerprint density at radius 2 is 1.93 bits per heavy atom. The molecule has 1 aliphatic rings. The second-order valence-electron chi connectivity index (χ2n) is 7.18. The first-order valence-corrected chi connectivity index (χ1v) is 9.62. The Kier molecular flexibility index (Phi) is 4.13. The summed E-state index contributed by atoms with van der Waals surface area (Å²) in [5, 5.41) is 7.55. The van der Waals surface area contributed by atoms with Crippen LogP contribution in [0.3, 0.4) is 0 Å². The monoisotopic (exact) mass is 364 g/mol. The molecule has 1 N–H and O–H groups in total. The van der Waals surface area contributed by atoms with Crippen molar-refractivity contribution < 1.29 is 4.79 Å². The zero-order valence-corrected chi connectivity index (χ0v) is 15.5. The summed E-state index contributed by atoms with van der Waals surface area (Å²) in [6.45, 7) is 0.587. The van der Waals surface area contributed by atoms with Crippen molar-refractivity contribution in [3.05, 3.63) is 95.3 Å². The van der Waals surface area contributed by atoms with Crippen LogP contribution in [-0.2, 0) is 12.8 Å². The molecule has 3 nitrogen and oxygen atoms in total. The molecule has 1 aromatic heterocycles. The molecule has 0 bridgehead atoms. The zero-order chi connectivity index (χ0) is 18.9. The van der Waals surface area contributed by atoms with Crippen molar-refractivity contribution in [2.75, 3.05) is 6.54 Å². The second kappa shape index (κ2) is 6.93. The highest BCUT2D eigenvalue weighted by Gasteiger charge is 2.15. The molecule has 4 aromatic rings. The Hall–Kier alpha value is -3.46. The lowest BCUT2D eigenvalue weighted by Gasteiger charge is -2.12. The number of aromatic nitrogens is 1. The molecule has 1 amide bonds. The first-order chi connectivity index (χ1) is 13.8. The number of carbonyl (C=O) groups is 1. The molecular formula is C25H20N2O. The zero-order valence-electron chi connectivity index (χ0n) is 15.5. The second-order valence-corrected chi connectivity index (χ2v) is 7.18. The molecule has 0 saturated heterocycles. The van der Waals surface area contributed by atoms with Gasteiger partial charge in [0.15, 0.2) is 0 Å². The van der Waals surface area contributed by atoms with E-state index in [0.29, 0.717) is 6.54 Å². The van der Waals surface area contributed by atoms with Gasteiger partial charge in [0.05, 0.1) is 0 Å². The van der Waals surface area contributed by atoms with Crippen LogP contribution in [0.2, 0.25) is 0 Å². The summed E-state index contributed by atoms with van der Waals surface area (Å²) in [5.41, 5.74) is 4.49. The highest BCUT2D eigenvalue weighted by atomic mass is 16.1. The van der Waals surface area contributed by atoms with Gasteiger partial charge in [-0.3, -0.25) is 9.78 Å². The van der Waals surface area contributed by atoms with Gasteiger partial charge in [0.2, 0.25) is 0 Å². The van der Waals surface area contributed by atoms with Gasteiger partial charge < -0.3 is 5.32 Å². The number of carbonyl (C=O) groups excluding carboxylic acids is 1. The number of benzene rings is 3. The number of allylic oxidation sites excluding steroid dienone is 1. The van der Waals surface area contributed by atoms with Crippen LogP contribution in [0.1, 0.15) is 27.0 Å². The number of fused-ring (bicyclic) bond motifs is 5. The van der Waals surface area contributed by atoms with Crippen LogP contribution in [0.15, 0.2) is 73.1 Å². The van der Waals surface area contributed by atoms with Crippen molar-refractivity contribution in [1.29, 1.82) is 0 Å². The molecule has 0 atom stereocenters. The van der Waals surface area contributed by atoms with Crippen molar-refractivity contribution in [1.82, 2.24) is 10.3 Å². The van der Waals surface area contributed by atoms with Gasteiger partial charge in [-0.2, -0.15) is 0 Å². The average molecular weight is 364 g/mol. The van der Waals surface area contributed by atoms with Gasteiger partial charge in [0, 0.05) is 29.9 Å². The lowest BCUT2D eigenvalue weighted by molar-refractivity contribution is 0.0956. The van der Waals surface area contributed by atoms with E-state index in [1.165, 1.54) is 16.5 Å². The average Bonchev–Trinajstić information content (AvgIpc) is 3.23. The van der Waals surface area contributed by atoms with Gasteiger partial charge in [0.25, 0.3) is 5.91 Å². The third-order valence-electron chi connectivity index (χ3n) is 5.46. The van der Waals surface area contributed by atoms with Gasteiger partial charge in [-0.25, -0.2) is 0 Å². The maximum absolute atomic E-state index is 13.0.